The maximum Gasteiger partial charge on any atom is 0.131 e. The first kappa shape index (κ1) is 10.9. The summed E-state index contributed by atoms with van der Waals surface area (Å²) in [6, 6.07) is 11.4. The molecule has 0 aliphatic carbocycles. The molecule has 2 rings (SSSR count). The number of nitrogens with zero attached hydrogens (tertiary/aromatic N) is 2. The molecule has 0 amide bonds. The number of anilines is 1. The summed E-state index contributed by atoms with van der Waals surface area (Å²) in [6.07, 6.45) is 2.67. The molecule has 0 bridgehead atoms. The fourth-order valence-electron chi connectivity index (χ4n) is 1.37. The third-order valence-corrected chi connectivity index (χ3v) is 2.34. The van der Waals surface area contributed by atoms with Crippen LogP contribution in [0.3, 0.4) is 0 Å². The van der Waals surface area contributed by atoms with Gasteiger partial charge in [-0.1, -0.05) is 23.7 Å². The van der Waals surface area contributed by atoms with Gasteiger partial charge in [-0.15, -0.1) is 0 Å². The molecule has 0 fully saturated rings. The summed E-state index contributed by atoms with van der Waals surface area (Å²) < 4.78 is 0. The Balaban J connectivity index is 1.85. The molecule has 0 spiro atoms. The molecule has 0 aliphatic rings. The first-order valence-electron chi connectivity index (χ1n) is 5.11. The van der Waals surface area contributed by atoms with Crippen LogP contribution in [0.15, 0.2) is 42.6 Å². The summed E-state index contributed by atoms with van der Waals surface area (Å²) in [5.41, 5.74) is 1.07. The van der Waals surface area contributed by atoms with Gasteiger partial charge in [0, 0.05) is 24.9 Å². The molecule has 2 aromatic heterocycles. The second kappa shape index (κ2) is 5.47. The molecule has 1 N–H and O–H groups in total. The maximum atomic E-state index is 5.78. The Morgan fingerprint density at radius 1 is 1.12 bits per heavy atom. The average molecular weight is 234 g/mol. The van der Waals surface area contributed by atoms with E-state index in [1.54, 1.807) is 12.3 Å². The fraction of sp³-hybridized carbons (Fsp3) is 0.167. The molecule has 0 saturated carbocycles. The second-order valence-electron chi connectivity index (χ2n) is 3.34. The molecule has 0 aliphatic heterocycles. The van der Waals surface area contributed by atoms with Gasteiger partial charge in [0.2, 0.25) is 0 Å². The highest BCUT2D eigenvalue weighted by Gasteiger charge is 1.96. The Hall–Kier alpha value is -1.61. The summed E-state index contributed by atoms with van der Waals surface area (Å²) in [6.45, 7) is 0.796. The highest BCUT2D eigenvalue weighted by molar-refractivity contribution is 6.29. The van der Waals surface area contributed by atoms with Crippen LogP contribution < -0.4 is 5.32 Å². The minimum absolute atomic E-state index is 0.503. The molecule has 4 heteroatoms. The third kappa shape index (κ3) is 3.21. The van der Waals surface area contributed by atoms with Crippen molar-refractivity contribution in [2.75, 3.05) is 11.9 Å². The molecule has 2 heterocycles. The molecule has 0 aromatic carbocycles. The lowest BCUT2D eigenvalue weighted by molar-refractivity contribution is 0.954. The van der Waals surface area contributed by atoms with E-state index in [1.165, 1.54) is 0 Å². The smallest absolute Gasteiger partial charge is 0.131 e. The first-order valence-corrected chi connectivity index (χ1v) is 5.49. The van der Waals surface area contributed by atoms with E-state index in [1.807, 2.05) is 30.3 Å². The van der Waals surface area contributed by atoms with Crippen LogP contribution in [-0.2, 0) is 6.42 Å². The molecule has 3 nitrogen and oxygen atoms in total. The molecular formula is C12H12ClN3. The number of nitrogens with one attached hydrogen (secondary N) is 1. The minimum atomic E-state index is 0.503. The van der Waals surface area contributed by atoms with Crippen molar-refractivity contribution in [3.8, 4) is 0 Å². The van der Waals surface area contributed by atoms with E-state index < -0.39 is 0 Å². The van der Waals surface area contributed by atoms with Gasteiger partial charge in [0.05, 0.1) is 0 Å². The Labute approximate surface area is 99.5 Å². The van der Waals surface area contributed by atoms with E-state index in [4.69, 9.17) is 11.6 Å². The van der Waals surface area contributed by atoms with Crippen LogP contribution >= 0.6 is 11.6 Å². The third-order valence-electron chi connectivity index (χ3n) is 2.13. The summed E-state index contributed by atoms with van der Waals surface area (Å²) in [5.74, 6) is 0.795. The quantitative estimate of drug-likeness (QED) is 0.826. The lowest BCUT2D eigenvalue weighted by atomic mass is 10.3. The van der Waals surface area contributed by atoms with Crippen LogP contribution in [0.4, 0.5) is 5.82 Å². The average Bonchev–Trinajstić information content (AvgIpc) is 2.30. The van der Waals surface area contributed by atoms with Crippen molar-refractivity contribution < 1.29 is 0 Å². The van der Waals surface area contributed by atoms with Crippen LogP contribution in [0.2, 0.25) is 5.15 Å². The standard InChI is InChI=1S/C12H12ClN3/c13-11-5-3-6-12(16-11)15-9-7-10-4-1-2-8-14-10/h1-6,8H,7,9H2,(H,15,16). The number of hydrogen-bond donors (Lipinski definition) is 1. The predicted octanol–water partition coefficient (Wildman–Crippen LogP) is 2.78. The van der Waals surface area contributed by atoms with Crippen molar-refractivity contribution in [2.45, 2.75) is 6.42 Å². The molecule has 0 unspecified atom stereocenters. The zero-order valence-electron chi connectivity index (χ0n) is 8.73. The van der Waals surface area contributed by atoms with E-state index in [0.717, 1.165) is 24.5 Å². The maximum absolute atomic E-state index is 5.78. The SMILES string of the molecule is Clc1cccc(NCCc2ccccn2)n1. The summed E-state index contributed by atoms with van der Waals surface area (Å²) in [5, 5.41) is 3.70. The van der Waals surface area contributed by atoms with Crippen molar-refractivity contribution in [1.29, 1.82) is 0 Å². The lowest BCUT2D eigenvalue weighted by Crippen LogP contribution is -2.06. The van der Waals surface area contributed by atoms with E-state index in [0.29, 0.717) is 5.15 Å². The number of aromatic nitrogens is 2. The minimum Gasteiger partial charge on any atom is -0.370 e. The van der Waals surface area contributed by atoms with Gasteiger partial charge in [-0.05, 0) is 24.3 Å². The monoisotopic (exact) mass is 233 g/mol. The summed E-state index contributed by atoms with van der Waals surface area (Å²) in [7, 11) is 0. The van der Waals surface area contributed by atoms with E-state index in [-0.39, 0.29) is 0 Å². The molecular weight excluding hydrogens is 222 g/mol. The highest BCUT2D eigenvalue weighted by atomic mass is 35.5. The number of hydrogen-bond acceptors (Lipinski definition) is 3. The van der Waals surface area contributed by atoms with Crippen molar-refractivity contribution in [3.05, 3.63) is 53.4 Å². The Kier molecular flexibility index (Phi) is 3.72. The number of rotatable bonds is 4. The van der Waals surface area contributed by atoms with Crippen LogP contribution in [0, 0.1) is 0 Å². The van der Waals surface area contributed by atoms with Gasteiger partial charge in [-0.2, -0.15) is 0 Å². The van der Waals surface area contributed by atoms with Gasteiger partial charge >= 0.3 is 0 Å². The highest BCUT2D eigenvalue weighted by Crippen LogP contribution is 2.08. The molecule has 82 valence electrons. The zero-order valence-corrected chi connectivity index (χ0v) is 9.48. The van der Waals surface area contributed by atoms with Gasteiger partial charge in [0.15, 0.2) is 0 Å². The van der Waals surface area contributed by atoms with Crippen molar-refractivity contribution in [2.24, 2.45) is 0 Å². The molecule has 2 aromatic rings. The molecule has 0 saturated heterocycles. The number of pyridine rings is 2. The molecule has 0 radical (unpaired) electrons. The summed E-state index contributed by atoms with van der Waals surface area (Å²) >= 11 is 5.78. The molecule has 0 atom stereocenters. The summed E-state index contributed by atoms with van der Waals surface area (Å²) in [4.78, 5) is 8.38. The van der Waals surface area contributed by atoms with Gasteiger partial charge in [0.1, 0.15) is 11.0 Å². The first-order chi connectivity index (χ1) is 7.84. The van der Waals surface area contributed by atoms with Crippen LogP contribution in [-0.4, -0.2) is 16.5 Å². The fourth-order valence-corrected chi connectivity index (χ4v) is 1.54. The second-order valence-corrected chi connectivity index (χ2v) is 3.73. The predicted molar refractivity (Wildman–Crippen MR) is 65.7 cm³/mol. The Bertz CT molecular complexity index is 445. The topological polar surface area (TPSA) is 37.8 Å². The van der Waals surface area contributed by atoms with Crippen LogP contribution in [0.1, 0.15) is 5.69 Å². The lowest BCUT2D eigenvalue weighted by Gasteiger charge is -2.04. The normalized spacial score (nSPS) is 10.1. The van der Waals surface area contributed by atoms with Crippen molar-refractivity contribution in [1.82, 2.24) is 9.97 Å². The van der Waals surface area contributed by atoms with Crippen molar-refractivity contribution in [3.63, 3.8) is 0 Å². The van der Waals surface area contributed by atoms with E-state index in [9.17, 15) is 0 Å². The van der Waals surface area contributed by atoms with Gasteiger partial charge in [-0.25, -0.2) is 4.98 Å². The van der Waals surface area contributed by atoms with Crippen molar-refractivity contribution >= 4 is 17.4 Å². The largest absolute Gasteiger partial charge is 0.370 e. The van der Waals surface area contributed by atoms with Gasteiger partial charge in [0.25, 0.3) is 0 Å². The Morgan fingerprint density at radius 2 is 2.06 bits per heavy atom. The van der Waals surface area contributed by atoms with E-state index >= 15 is 0 Å². The molecule has 16 heavy (non-hydrogen) atoms. The van der Waals surface area contributed by atoms with E-state index in [2.05, 4.69) is 15.3 Å². The zero-order chi connectivity index (χ0) is 11.2. The number of halogens is 1. The van der Waals surface area contributed by atoms with Gasteiger partial charge in [-0.3, -0.25) is 4.98 Å². The van der Waals surface area contributed by atoms with Crippen LogP contribution in [0.5, 0.6) is 0 Å². The van der Waals surface area contributed by atoms with Crippen LogP contribution in [0.25, 0.3) is 0 Å². The van der Waals surface area contributed by atoms with Gasteiger partial charge < -0.3 is 5.32 Å². The Morgan fingerprint density at radius 3 is 2.81 bits per heavy atom.